The Hall–Kier alpha value is -0.870. The van der Waals surface area contributed by atoms with E-state index < -0.39 is 5.92 Å². The molecule has 1 rings (SSSR count). The fourth-order valence-corrected chi connectivity index (χ4v) is 1.57. The van der Waals surface area contributed by atoms with Crippen LogP contribution in [-0.4, -0.2) is 24.0 Å². The first-order valence-corrected chi connectivity index (χ1v) is 5.14. The van der Waals surface area contributed by atoms with Gasteiger partial charge in [-0.05, 0) is 26.7 Å². The standard InChI is InChI=1S/C10H19F2N3/c1-9(2,3)15-8(13)14-6-7-4-10(11,12)5-7/h7H,4-6H2,1-3H3,(H3,13,14,15). The summed E-state index contributed by atoms with van der Waals surface area (Å²) in [6.45, 7) is 6.29. The number of hydrogen-bond acceptors (Lipinski definition) is 1. The lowest BCUT2D eigenvalue weighted by Crippen LogP contribution is -2.45. The lowest BCUT2D eigenvalue weighted by atomic mass is 9.81. The van der Waals surface area contributed by atoms with Crippen molar-refractivity contribution >= 4 is 5.96 Å². The highest BCUT2D eigenvalue weighted by Crippen LogP contribution is 2.42. The molecule has 1 aliphatic carbocycles. The summed E-state index contributed by atoms with van der Waals surface area (Å²) in [5.74, 6) is -2.15. The minimum Gasteiger partial charge on any atom is -0.370 e. The zero-order chi connectivity index (χ0) is 11.7. The minimum absolute atomic E-state index is 0.0136. The molecule has 0 atom stereocenters. The van der Waals surface area contributed by atoms with Crippen LogP contribution in [0.15, 0.2) is 4.99 Å². The summed E-state index contributed by atoms with van der Waals surface area (Å²) in [4.78, 5) is 4.05. The molecule has 0 heterocycles. The summed E-state index contributed by atoms with van der Waals surface area (Å²) < 4.78 is 25.0. The van der Waals surface area contributed by atoms with E-state index in [9.17, 15) is 8.78 Å². The van der Waals surface area contributed by atoms with Gasteiger partial charge in [0, 0.05) is 24.9 Å². The summed E-state index contributed by atoms with van der Waals surface area (Å²) >= 11 is 0. The van der Waals surface area contributed by atoms with Crippen molar-refractivity contribution in [2.45, 2.75) is 45.1 Å². The van der Waals surface area contributed by atoms with E-state index in [4.69, 9.17) is 5.73 Å². The molecule has 15 heavy (non-hydrogen) atoms. The first-order chi connectivity index (χ1) is 6.68. The molecule has 0 bridgehead atoms. The van der Waals surface area contributed by atoms with Gasteiger partial charge in [0.15, 0.2) is 5.96 Å². The van der Waals surface area contributed by atoms with E-state index in [0.29, 0.717) is 12.5 Å². The Morgan fingerprint density at radius 1 is 1.47 bits per heavy atom. The van der Waals surface area contributed by atoms with Gasteiger partial charge in [-0.2, -0.15) is 0 Å². The number of nitrogens with zero attached hydrogens (tertiary/aromatic N) is 1. The number of halogens is 2. The van der Waals surface area contributed by atoms with Crippen LogP contribution in [0.1, 0.15) is 33.6 Å². The molecule has 0 radical (unpaired) electrons. The predicted molar refractivity (Wildman–Crippen MR) is 57.0 cm³/mol. The second-order valence-corrected chi connectivity index (χ2v) is 5.23. The summed E-state index contributed by atoms with van der Waals surface area (Å²) in [6.07, 6.45) is -0.113. The lowest BCUT2D eigenvalue weighted by Gasteiger charge is -2.34. The molecule has 1 aliphatic rings. The van der Waals surface area contributed by atoms with E-state index in [2.05, 4.69) is 10.3 Å². The van der Waals surface area contributed by atoms with E-state index in [-0.39, 0.29) is 24.3 Å². The van der Waals surface area contributed by atoms with Crippen molar-refractivity contribution in [1.82, 2.24) is 5.32 Å². The largest absolute Gasteiger partial charge is 0.370 e. The van der Waals surface area contributed by atoms with E-state index in [1.807, 2.05) is 20.8 Å². The van der Waals surface area contributed by atoms with Crippen LogP contribution >= 0.6 is 0 Å². The SMILES string of the molecule is CC(C)(C)NC(N)=NCC1CC(F)(F)C1. The van der Waals surface area contributed by atoms with Crippen LogP contribution in [0.5, 0.6) is 0 Å². The number of aliphatic imine (C=N–C) groups is 1. The van der Waals surface area contributed by atoms with Crippen LogP contribution in [0, 0.1) is 5.92 Å². The molecular weight excluding hydrogens is 200 g/mol. The van der Waals surface area contributed by atoms with Gasteiger partial charge < -0.3 is 11.1 Å². The molecule has 0 aromatic heterocycles. The van der Waals surface area contributed by atoms with Gasteiger partial charge in [-0.15, -0.1) is 0 Å². The van der Waals surface area contributed by atoms with Crippen molar-refractivity contribution in [3.63, 3.8) is 0 Å². The summed E-state index contributed by atoms with van der Waals surface area (Å²) in [5, 5.41) is 2.98. The van der Waals surface area contributed by atoms with Gasteiger partial charge in [0.2, 0.25) is 5.92 Å². The number of nitrogens with one attached hydrogen (secondary N) is 1. The van der Waals surface area contributed by atoms with Gasteiger partial charge >= 0.3 is 0 Å². The van der Waals surface area contributed by atoms with Gasteiger partial charge in [-0.3, -0.25) is 4.99 Å². The Kier molecular flexibility index (Phi) is 3.21. The number of alkyl halides is 2. The average Bonchev–Trinajstić information content (AvgIpc) is 1.93. The van der Waals surface area contributed by atoms with Gasteiger partial charge in [0.25, 0.3) is 0 Å². The van der Waals surface area contributed by atoms with Crippen LogP contribution < -0.4 is 11.1 Å². The van der Waals surface area contributed by atoms with Gasteiger partial charge in [0.05, 0.1) is 0 Å². The highest BCUT2D eigenvalue weighted by atomic mass is 19.3. The van der Waals surface area contributed by atoms with Crippen LogP contribution in [0.2, 0.25) is 0 Å². The highest BCUT2D eigenvalue weighted by molar-refractivity contribution is 5.78. The van der Waals surface area contributed by atoms with E-state index in [0.717, 1.165) is 0 Å². The summed E-state index contributed by atoms with van der Waals surface area (Å²) in [6, 6.07) is 0. The maximum absolute atomic E-state index is 12.5. The van der Waals surface area contributed by atoms with Crippen molar-refractivity contribution in [2.24, 2.45) is 16.6 Å². The van der Waals surface area contributed by atoms with E-state index >= 15 is 0 Å². The van der Waals surface area contributed by atoms with Crippen molar-refractivity contribution < 1.29 is 8.78 Å². The molecule has 1 saturated carbocycles. The molecule has 0 aromatic carbocycles. The fourth-order valence-electron chi connectivity index (χ4n) is 1.57. The smallest absolute Gasteiger partial charge is 0.248 e. The molecule has 3 nitrogen and oxygen atoms in total. The third-order valence-corrected chi connectivity index (χ3v) is 2.20. The van der Waals surface area contributed by atoms with E-state index in [1.165, 1.54) is 0 Å². The molecule has 88 valence electrons. The highest BCUT2D eigenvalue weighted by Gasteiger charge is 2.44. The Bertz CT molecular complexity index is 248. The minimum atomic E-state index is -2.47. The number of guanidine groups is 1. The number of hydrogen-bond donors (Lipinski definition) is 2. The van der Waals surface area contributed by atoms with Crippen molar-refractivity contribution in [2.75, 3.05) is 6.54 Å². The third kappa shape index (κ3) is 4.44. The molecule has 0 amide bonds. The topological polar surface area (TPSA) is 50.4 Å². The quantitative estimate of drug-likeness (QED) is 0.549. The second kappa shape index (κ2) is 3.94. The zero-order valence-corrected chi connectivity index (χ0v) is 9.48. The maximum Gasteiger partial charge on any atom is 0.248 e. The molecule has 0 spiro atoms. The summed E-state index contributed by atoms with van der Waals surface area (Å²) in [5.41, 5.74) is 5.46. The van der Waals surface area contributed by atoms with Crippen molar-refractivity contribution in [3.8, 4) is 0 Å². The van der Waals surface area contributed by atoms with Gasteiger partial charge in [-0.25, -0.2) is 8.78 Å². The number of nitrogens with two attached hydrogens (primary N) is 1. The fraction of sp³-hybridized carbons (Fsp3) is 0.900. The average molecular weight is 219 g/mol. The molecule has 0 aromatic rings. The van der Waals surface area contributed by atoms with E-state index in [1.54, 1.807) is 0 Å². The first kappa shape index (κ1) is 12.2. The second-order valence-electron chi connectivity index (χ2n) is 5.23. The normalized spacial score (nSPS) is 22.3. The Labute approximate surface area is 89.1 Å². The lowest BCUT2D eigenvalue weighted by molar-refractivity contribution is -0.107. The van der Waals surface area contributed by atoms with Crippen molar-refractivity contribution in [1.29, 1.82) is 0 Å². The van der Waals surface area contributed by atoms with Crippen LogP contribution in [-0.2, 0) is 0 Å². The molecule has 0 aliphatic heterocycles. The molecular formula is C10H19F2N3. The van der Waals surface area contributed by atoms with Crippen LogP contribution in [0.3, 0.4) is 0 Å². The molecule has 5 heteroatoms. The molecule has 0 unspecified atom stereocenters. The van der Waals surface area contributed by atoms with Gasteiger partial charge in [0.1, 0.15) is 0 Å². The van der Waals surface area contributed by atoms with Crippen LogP contribution in [0.4, 0.5) is 8.78 Å². The monoisotopic (exact) mass is 219 g/mol. The summed E-state index contributed by atoms with van der Waals surface area (Å²) in [7, 11) is 0. The third-order valence-electron chi connectivity index (χ3n) is 2.20. The first-order valence-electron chi connectivity index (χ1n) is 5.14. The Balaban J connectivity index is 2.27. The maximum atomic E-state index is 12.5. The predicted octanol–water partition coefficient (Wildman–Crippen LogP) is 1.73. The Morgan fingerprint density at radius 2 is 2.00 bits per heavy atom. The zero-order valence-electron chi connectivity index (χ0n) is 9.48. The molecule has 3 N–H and O–H groups in total. The molecule has 0 saturated heterocycles. The number of rotatable bonds is 2. The molecule has 1 fully saturated rings. The Morgan fingerprint density at radius 3 is 2.40 bits per heavy atom. The van der Waals surface area contributed by atoms with Gasteiger partial charge in [-0.1, -0.05) is 0 Å². The van der Waals surface area contributed by atoms with Crippen molar-refractivity contribution in [3.05, 3.63) is 0 Å². The van der Waals surface area contributed by atoms with Crippen LogP contribution in [0.25, 0.3) is 0 Å².